The first-order valence-electron chi connectivity index (χ1n) is 7.02. The zero-order chi connectivity index (χ0) is 12.8. The summed E-state index contributed by atoms with van der Waals surface area (Å²) in [5, 5.41) is 0. The Morgan fingerprint density at radius 3 is 1.67 bits per heavy atom. The van der Waals surface area contributed by atoms with Crippen molar-refractivity contribution < 1.29 is 19.1 Å². The molecule has 2 saturated carbocycles. The predicted molar refractivity (Wildman–Crippen MR) is 66.2 cm³/mol. The minimum atomic E-state index is -0.367. The Labute approximate surface area is 108 Å². The quantitative estimate of drug-likeness (QED) is 0.666. The van der Waals surface area contributed by atoms with Gasteiger partial charge in [-0.1, -0.05) is 6.42 Å². The molecule has 0 aromatic rings. The van der Waals surface area contributed by atoms with Crippen LogP contribution in [0.5, 0.6) is 0 Å². The zero-order valence-corrected chi connectivity index (χ0v) is 10.9. The molecule has 0 amide bonds. The molecule has 0 atom stereocenters. The van der Waals surface area contributed by atoms with E-state index in [4.69, 9.17) is 9.47 Å². The molecule has 4 nitrogen and oxygen atoms in total. The molecule has 4 heteroatoms. The standard InChI is InChI=1S/C8H12O3.C6H10O/c9-7-1-3-8(4-2-7)10-5-6-11-8;7-6-4-2-1-3-5-6/h1-6H2;1-5H2. The fourth-order valence-electron chi connectivity index (χ4n) is 2.64. The smallest absolute Gasteiger partial charge is 0.169 e. The van der Waals surface area contributed by atoms with Gasteiger partial charge in [0, 0.05) is 38.5 Å². The Bertz CT molecular complexity index is 285. The van der Waals surface area contributed by atoms with Gasteiger partial charge in [0.25, 0.3) is 0 Å². The van der Waals surface area contributed by atoms with Crippen LogP contribution in [0, 0.1) is 0 Å². The summed E-state index contributed by atoms with van der Waals surface area (Å²) in [4.78, 5) is 21.4. The topological polar surface area (TPSA) is 52.6 Å². The lowest BCUT2D eigenvalue weighted by molar-refractivity contribution is -0.179. The molecule has 3 fully saturated rings. The van der Waals surface area contributed by atoms with Crippen molar-refractivity contribution in [1.82, 2.24) is 0 Å². The number of carbonyl (C=O) groups excluding carboxylic acids is 2. The predicted octanol–water partition coefficient (Wildman–Crippen LogP) is 2.39. The summed E-state index contributed by atoms with van der Waals surface area (Å²) in [7, 11) is 0. The molecule has 2 aliphatic carbocycles. The van der Waals surface area contributed by atoms with Crippen molar-refractivity contribution in [2.45, 2.75) is 63.6 Å². The Hall–Kier alpha value is -0.740. The van der Waals surface area contributed by atoms with Gasteiger partial charge in [0.2, 0.25) is 0 Å². The Kier molecular flexibility index (Phi) is 4.89. The van der Waals surface area contributed by atoms with E-state index >= 15 is 0 Å². The van der Waals surface area contributed by atoms with Crippen molar-refractivity contribution in [1.29, 1.82) is 0 Å². The van der Waals surface area contributed by atoms with Crippen LogP contribution < -0.4 is 0 Å². The highest BCUT2D eigenvalue weighted by Crippen LogP contribution is 2.33. The highest BCUT2D eigenvalue weighted by atomic mass is 16.7. The third-order valence-corrected chi connectivity index (χ3v) is 3.79. The SMILES string of the molecule is O=C1CCC2(CC1)OCCO2.O=C1CCCCC1. The second-order valence-corrected chi connectivity index (χ2v) is 5.25. The van der Waals surface area contributed by atoms with Gasteiger partial charge in [-0.05, 0) is 12.8 Å². The third kappa shape index (κ3) is 3.89. The van der Waals surface area contributed by atoms with Gasteiger partial charge in [-0.15, -0.1) is 0 Å². The van der Waals surface area contributed by atoms with Crippen LogP contribution in [0.2, 0.25) is 0 Å². The molecular formula is C14H22O4. The van der Waals surface area contributed by atoms with E-state index in [9.17, 15) is 9.59 Å². The molecule has 0 aromatic carbocycles. The van der Waals surface area contributed by atoms with Crippen LogP contribution in [0.3, 0.4) is 0 Å². The molecule has 1 spiro atoms. The molecule has 102 valence electrons. The van der Waals surface area contributed by atoms with Crippen LogP contribution in [0.4, 0.5) is 0 Å². The lowest BCUT2D eigenvalue weighted by atomic mass is 9.93. The molecule has 1 aliphatic heterocycles. The van der Waals surface area contributed by atoms with E-state index in [2.05, 4.69) is 0 Å². The van der Waals surface area contributed by atoms with Crippen molar-refractivity contribution in [3.8, 4) is 0 Å². The lowest BCUT2D eigenvalue weighted by Gasteiger charge is -2.30. The van der Waals surface area contributed by atoms with E-state index in [1.807, 2.05) is 0 Å². The first kappa shape index (κ1) is 13.7. The van der Waals surface area contributed by atoms with Crippen LogP contribution in [0.1, 0.15) is 57.8 Å². The molecule has 3 aliphatic rings. The third-order valence-electron chi connectivity index (χ3n) is 3.79. The van der Waals surface area contributed by atoms with Crippen molar-refractivity contribution in [3.05, 3.63) is 0 Å². The van der Waals surface area contributed by atoms with Gasteiger partial charge in [0.05, 0.1) is 13.2 Å². The Balaban J connectivity index is 0.000000149. The second kappa shape index (κ2) is 6.43. The molecule has 0 aromatic heterocycles. The second-order valence-electron chi connectivity index (χ2n) is 5.25. The van der Waals surface area contributed by atoms with Gasteiger partial charge in [-0.2, -0.15) is 0 Å². The number of ketones is 2. The highest BCUT2D eigenvalue weighted by molar-refractivity contribution is 5.79. The number of ether oxygens (including phenoxy) is 2. The summed E-state index contributed by atoms with van der Waals surface area (Å²) in [6, 6.07) is 0. The number of rotatable bonds is 0. The largest absolute Gasteiger partial charge is 0.348 e. The molecular weight excluding hydrogens is 232 g/mol. The van der Waals surface area contributed by atoms with E-state index < -0.39 is 0 Å². The van der Waals surface area contributed by atoms with E-state index in [-0.39, 0.29) is 5.79 Å². The minimum absolute atomic E-state index is 0.342. The van der Waals surface area contributed by atoms with Crippen molar-refractivity contribution in [2.24, 2.45) is 0 Å². The summed E-state index contributed by atoms with van der Waals surface area (Å²) in [6.07, 6.45) is 8.00. The van der Waals surface area contributed by atoms with Gasteiger partial charge < -0.3 is 9.47 Å². The maximum atomic E-state index is 10.9. The first-order chi connectivity index (χ1) is 8.70. The number of hydrogen-bond donors (Lipinski definition) is 0. The van der Waals surface area contributed by atoms with E-state index in [0.29, 0.717) is 37.6 Å². The van der Waals surface area contributed by atoms with Crippen molar-refractivity contribution in [2.75, 3.05) is 13.2 Å². The summed E-state index contributed by atoms with van der Waals surface area (Å²) < 4.78 is 10.9. The van der Waals surface area contributed by atoms with Crippen LogP contribution in [0.25, 0.3) is 0 Å². The maximum absolute atomic E-state index is 10.9. The van der Waals surface area contributed by atoms with E-state index in [0.717, 1.165) is 38.5 Å². The van der Waals surface area contributed by atoms with Crippen LogP contribution >= 0.6 is 0 Å². The number of carbonyl (C=O) groups is 2. The molecule has 0 radical (unpaired) electrons. The van der Waals surface area contributed by atoms with Crippen LogP contribution in [0.15, 0.2) is 0 Å². The molecule has 3 rings (SSSR count). The molecule has 1 heterocycles. The van der Waals surface area contributed by atoms with Crippen molar-refractivity contribution in [3.63, 3.8) is 0 Å². The fraction of sp³-hybridized carbons (Fsp3) is 0.857. The minimum Gasteiger partial charge on any atom is -0.348 e. The molecule has 18 heavy (non-hydrogen) atoms. The van der Waals surface area contributed by atoms with Gasteiger partial charge in [-0.3, -0.25) is 9.59 Å². The first-order valence-corrected chi connectivity index (χ1v) is 7.02. The van der Waals surface area contributed by atoms with Gasteiger partial charge in [-0.25, -0.2) is 0 Å². The van der Waals surface area contributed by atoms with E-state index in [1.54, 1.807) is 0 Å². The Morgan fingerprint density at radius 2 is 1.22 bits per heavy atom. The zero-order valence-electron chi connectivity index (χ0n) is 10.9. The van der Waals surface area contributed by atoms with E-state index in [1.165, 1.54) is 6.42 Å². The summed E-state index contributed by atoms with van der Waals surface area (Å²) >= 11 is 0. The average Bonchev–Trinajstić information content (AvgIpc) is 2.84. The molecule has 1 saturated heterocycles. The molecule has 0 bridgehead atoms. The summed E-state index contributed by atoms with van der Waals surface area (Å²) in [5.41, 5.74) is 0. The number of Topliss-reactive ketones (excluding diaryl/α,β-unsaturated/α-hetero) is 2. The van der Waals surface area contributed by atoms with Crippen LogP contribution in [-0.2, 0) is 19.1 Å². The van der Waals surface area contributed by atoms with Gasteiger partial charge >= 0.3 is 0 Å². The number of hydrogen-bond acceptors (Lipinski definition) is 4. The fourth-order valence-corrected chi connectivity index (χ4v) is 2.64. The maximum Gasteiger partial charge on any atom is 0.169 e. The highest BCUT2D eigenvalue weighted by Gasteiger charge is 2.39. The summed E-state index contributed by atoms with van der Waals surface area (Å²) in [5.74, 6) is 0.439. The van der Waals surface area contributed by atoms with Crippen LogP contribution in [-0.4, -0.2) is 30.6 Å². The van der Waals surface area contributed by atoms with Gasteiger partial charge in [0.1, 0.15) is 11.6 Å². The molecule has 0 N–H and O–H groups in total. The van der Waals surface area contributed by atoms with Crippen molar-refractivity contribution >= 4 is 11.6 Å². The average molecular weight is 254 g/mol. The lowest BCUT2D eigenvalue weighted by Crippen LogP contribution is -2.35. The normalized spacial score (nSPS) is 26.9. The molecule has 0 unspecified atom stereocenters. The summed E-state index contributed by atoms with van der Waals surface area (Å²) in [6.45, 7) is 1.38. The Morgan fingerprint density at radius 1 is 0.722 bits per heavy atom. The monoisotopic (exact) mass is 254 g/mol. The van der Waals surface area contributed by atoms with Gasteiger partial charge in [0.15, 0.2) is 5.79 Å².